The van der Waals surface area contributed by atoms with Crippen molar-refractivity contribution < 1.29 is 9.90 Å². The van der Waals surface area contributed by atoms with E-state index in [9.17, 15) is 9.90 Å². The molecule has 3 heteroatoms. The molecule has 1 heterocycles. The summed E-state index contributed by atoms with van der Waals surface area (Å²) in [6, 6.07) is 7.30. The lowest BCUT2D eigenvalue weighted by Crippen LogP contribution is -2.38. The molecule has 0 radical (unpaired) electrons. The van der Waals surface area contributed by atoms with Crippen molar-refractivity contribution in [2.75, 3.05) is 13.1 Å². The highest BCUT2D eigenvalue weighted by molar-refractivity contribution is 5.78. The lowest BCUT2D eigenvalue weighted by molar-refractivity contribution is -0.133. The van der Waals surface area contributed by atoms with Gasteiger partial charge >= 0.3 is 0 Å². The van der Waals surface area contributed by atoms with Gasteiger partial charge in [-0.05, 0) is 30.9 Å². The molecule has 1 aromatic rings. The molecule has 3 nitrogen and oxygen atoms in total. The molecule has 0 saturated carbocycles. The maximum Gasteiger partial charge on any atom is 0.223 e. The maximum absolute atomic E-state index is 12.3. The summed E-state index contributed by atoms with van der Waals surface area (Å²) in [6.45, 7) is 5.80. The van der Waals surface area contributed by atoms with E-state index in [1.807, 2.05) is 30.9 Å². The number of benzene rings is 1. The number of phenols is 1. The molecule has 104 valence electrons. The highest BCUT2D eigenvalue weighted by Crippen LogP contribution is 2.34. The fourth-order valence-corrected chi connectivity index (χ4v) is 2.77. The Morgan fingerprint density at radius 2 is 1.84 bits per heavy atom. The number of hydrogen-bond donors (Lipinski definition) is 1. The highest BCUT2D eigenvalue weighted by Gasteiger charge is 2.29. The van der Waals surface area contributed by atoms with Crippen molar-refractivity contribution in [2.45, 2.75) is 44.9 Å². The fourth-order valence-electron chi connectivity index (χ4n) is 2.77. The minimum Gasteiger partial charge on any atom is -0.508 e. The van der Waals surface area contributed by atoms with Crippen LogP contribution in [0.2, 0.25) is 0 Å². The zero-order valence-electron chi connectivity index (χ0n) is 11.9. The fraction of sp³-hybridized carbons (Fsp3) is 0.562. The van der Waals surface area contributed by atoms with E-state index in [0.717, 1.165) is 31.5 Å². The van der Waals surface area contributed by atoms with Crippen LogP contribution in [0.5, 0.6) is 5.75 Å². The molecular formula is C16H23NO2. The minimum absolute atomic E-state index is 0.202. The summed E-state index contributed by atoms with van der Waals surface area (Å²) in [6.07, 6.45) is 3.91. The number of carbonyl (C=O) groups is 1. The van der Waals surface area contributed by atoms with Crippen molar-refractivity contribution in [3.8, 4) is 5.75 Å². The molecule has 1 saturated heterocycles. The molecule has 0 aliphatic carbocycles. The number of likely N-dealkylation sites (tertiary alicyclic amines) is 1. The summed E-state index contributed by atoms with van der Waals surface area (Å²) < 4.78 is 0. The van der Waals surface area contributed by atoms with Gasteiger partial charge in [-0.2, -0.15) is 0 Å². The summed E-state index contributed by atoms with van der Waals surface area (Å²) in [4.78, 5) is 14.3. The first-order valence-corrected chi connectivity index (χ1v) is 7.07. The highest BCUT2D eigenvalue weighted by atomic mass is 16.3. The maximum atomic E-state index is 12.3. The second-order valence-electron chi connectivity index (χ2n) is 6.02. The van der Waals surface area contributed by atoms with Crippen LogP contribution in [0.25, 0.3) is 0 Å². The van der Waals surface area contributed by atoms with Crippen molar-refractivity contribution in [3.63, 3.8) is 0 Å². The van der Waals surface area contributed by atoms with Crippen molar-refractivity contribution in [1.29, 1.82) is 0 Å². The number of aromatic hydroxyl groups is 1. The molecule has 0 aromatic heterocycles. The van der Waals surface area contributed by atoms with Gasteiger partial charge < -0.3 is 10.0 Å². The second kappa shape index (κ2) is 5.64. The Morgan fingerprint density at radius 3 is 2.47 bits per heavy atom. The van der Waals surface area contributed by atoms with E-state index in [2.05, 4.69) is 0 Å². The molecule has 1 aliphatic rings. The average Bonchev–Trinajstić information content (AvgIpc) is 2.39. The summed E-state index contributed by atoms with van der Waals surface area (Å²) in [5.41, 5.74) is 0.514. The molecular weight excluding hydrogens is 238 g/mol. The Kier molecular flexibility index (Phi) is 4.13. The quantitative estimate of drug-likeness (QED) is 0.908. The van der Waals surface area contributed by atoms with Gasteiger partial charge in [-0.15, -0.1) is 0 Å². The van der Waals surface area contributed by atoms with Gasteiger partial charge in [0.05, 0.1) is 0 Å². The van der Waals surface area contributed by atoms with Gasteiger partial charge in [0.25, 0.3) is 0 Å². The number of piperidine rings is 1. The smallest absolute Gasteiger partial charge is 0.223 e. The largest absolute Gasteiger partial charge is 0.508 e. The third-order valence-corrected chi connectivity index (χ3v) is 3.94. The summed E-state index contributed by atoms with van der Waals surface area (Å²) >= 11 is 0. The molecule has 1 fully saturated rings. The van der Waals surface area contributed by atoms with Crippen LogP contribution >= 0.6 is 0 Å². The van der Waals surface area contributed by atoms with Crippen LogP contribution < -0.4 is 0 Å². The summed E-state index contributed by atoms with van der Waals surface area (Å²) in [7, 11) is 0. The first-order valence-electron chi connectivity index (χ1n) is 7.07. The molecule has 1 aromatic carbocycles. The molecule has 0 atom stereocenters. The van der Waals surface area contributed by atoms with E-state index in [1.165, 1.54) is 6.42 Å². The third-order valence-electron chi connectivity index (χ3n) is 3.94. The molecule has 1 N–H and O–H groups in total. The normalized spacial score (nSPS) is 16.4. The van der Waals surface area contributed by atoms with E-state index in [0.29, 0.717) is 6.42 Å². The summed E-state index contributed by atoms with van der Waals surface area (Å²) in [5.74, 6) is 0.479. The van der Waals surface area contributed by atoms with E-state index in [4.69, 9.17) is 0 Å². The van der Waals surface area contributed by atoms with Gasteiger partial charge in [0.2, 0.25) is 5.91 Å². The number of rotatable bonds is 3. The summed E-state index contributed by atoms with van der Waals surface area (Å²) in [5, 5.41) is 9.94. The third kappa shape index (κ3) is 3.28. The van der Waals surface area contributed by atoms with E-state index in [1.54, 1.807) is 12.1 Å². The van der Waals surface area contributed by atoms with Gasteiger partial charge in [0.15, 0.2) is 0 Å². The number of amides is 1. The first-order chi connectivity index (χ1) is 9.00. The van der Waals surface area contributed by atoms with Gasteiger partial charge in [-0.25, -0.2) is 0 Å². The Bertz CT molecular complexity index is 448. The average molecular weight is 261 g/mol. The Morgan fingerprint density at radius 1 is 1.21 bits per heavy atom. The van der Waals surface area contributed by atoms with E-state index < -0.39 is 0 Å². The van der Waals surface area contributed by atoms with E-state index >= 15 is 0 Å². The zero-order chi connectivity index (χ0) is 13.9. The number of nitrogens with zero attached hydrogens (tertiary/aromatic N) is 1. The molecule has 0 unspecified atom stereocenters. The SMILES string of the molecule is CC(C)(CC(=O)N1CCCCC1)c1ccccc1O. The van der Waals surface area contributed by atoms with Crippen molar-refractivity contribution in [2.24, 2.45) is 0 Å². The van der Waals surface area contributed by atoms with Crippen LogP contribution in [-0.2, 0) is 10.2 Å². The second-order valence-corrected chi connectivity index (χ2v) is 6.02. The minimum atomic E-state index is -0.333. The van der Waals surface area contributed by atoms with Gasteiger partial charge in [0.1, 0.15) is 5.75 Å². The van der Waals surface area contributed by atoms with Gasteiger partial charge in [-0.1, -0.05) is 32.0 Å². The van der Waals surface area contributed by atoms with Crippen LogP contribution in [0.15, 0.2) is 24.3 Å². The van der Waals surface area contributed by atoms with Crippen molar-refractivity contribution in [3.05, 3.63) is 29.8 Å². The number of phenolic OH excluding ortho intramolecular Hbond substituents is 1. The number of carbonyl (C=O) groups excluding carboxylic acids is 1. The number of para-hydroxylation sites is 1. The lowest BCUT2D eigenvalue weighted by atomic mass is 9.80. The standard InChI is InChI=1S/C16H23NO2/c1-16(2,13-8-4-5-9-14(13)18)12-15(19)17-10-6-3-7-11-17/h4-5,8-9,18H,3,6-7,10-12H2,1-2H3. The topological polar surface area (TPSA) is 40.5 Å². The van der Waals surface area contributed by atoms with Crippen LogP contribution in [0.3, 0.4) is 0 Å². The zero-order valence-corrected chi connectivity index (χ0v) is 11.9. The number of hydrogen-bond acceptors (Lipinski definition) is 2. The van der Waals surface area contributed by atoms with Crippen molar-refractivity contribution >= 4 is 5.91 Å². The van der Waals surface area contributed by atoms with Gasteiger partial charge in [0, 0.05) is 24.9 Å². The molecule has 0 spiro atoms. The molecule has 1 amide bonds. The first kappa shape index (κ1) is 13.9. The van der Waals surface area contributed by atoms with Crippen LogP contribution in [0.1, 0.15) is 45.1 Å². The Balaban J connectivity index is 2.08. The van der Waals surface area contributed by atoms with Crippen LogP contribution in [0.4, 0.5) is 0 Å². The van der Waals surface area contributed by atoms with Crippen LogP contribution in [0, 0.1) is 0 Å². The monoisotopic (exact) mass is 261 g/mol. The van der Waals surface area contributed by atoms with Gasteiger partial charge in [-0.3, -0.25) is 4.79 Å². The molecule has 19 heavy (non-hydrogen) atoms. The Hall–Kier alpha value is -1.51. The molecule has 1 aliphatic heterocycles. The predicted octanol–water partition coefficient (Wildman–Crippen LogP) is 3.07. The van der Waals surface area contributed by atoms with E-state index in [-0.39, 0.29) is 17.1 Å². The van der Waals surface area contributed by atoms with Crippen LogP contribution in [-0.4, -0.2) is 29.0 Å². The molecule has 0 bridgehead atoms. The predicted molar refractivity (Wildman–Crippen MR) is 76.2 cm³/mol. The lowest BCUT2D eigenvalue weighted by Gasteiger charge is -2.32. The van der Waals surface area contributed by atoms with Crippen molar-refractivity contribution in [1.82, 2.24) is 4.90 Å². The Labute approximate surface area is 115 Å². The molecule has 2 rings (SSSR count).